The summed E-state index contributed by atoms with van der Waals surface area (Å²) in [7, 11) is 1.78. The SMILES string of the molecule is CN=C(NCCN1CCOCC1)NCc1ccc(OC(C)(C)C)nc1.I. The van der Waals surface area contributed by atoms with E-state index in [0.29, 0.717) is 12.4 Å². The van der Waals surface area contributed by atoms with E-state index in [2.05, 4.69) is 25.5 Å². The van der Waals surface area contributed by atoms with Crippen molar-refractivity contribution in [2.45, 2.75) is 32.9 Å². The Morgan fingerprint density at radius 3 is 2.58 bits per heavy atom. The number of nitrogens with one attached hydrogen (secondary N) is 2. The molecular formula is C18H32IN5O2. The number of hydrogen-bond acceptors (Lipinski definition) is 5. The molecule has 0 bridgehead atoms. The first-order valence-corrected chi connectivity index (χ1v) is 8.85. The van der Waals surface area contributed by atoms with Gasteiger partial charge in [-0.05, 0) is 26.3 Å². The first-order valence-electron chi connectivity index (χ1n) is 8.85. The molecule has 0 atom stereocenters. The molecule has 0 saturated carbocycles. The van der Waals surface area contributed by atoms with Crippen molar-refractivity contribution in [2.24, 2.45) is 4.99 Å². The molecule has 0 aliphatic carbocycles. The lowest BCUT2D eigenvalue weighted by Crippen LogP contribution is -2.44. The van der Waals surface area contributed by atoms with Crippen molar-refractivity contribution in [3.8, 4) is 5.88 Å². The molecule has 1 fully saturated rings. The first kappa shape index (κ1) is 22.9. The number of ether oxygens (including phenoxy) is 2. The number of hydrogen-bond donors (Lipinski definition) is 2. The second-order valence-corrected chi connectivity index (χ2v) is 7.03. The predicted octanol–water partition coefficient (Wildman–Crippen LogP) is 1.87. The minimum Gasteiger partial charge on any atom is -0.472 e. The Hall–Kier alpha value is -1.13. The largest absolute Gasteiger partial charge is 0.472 e. The molecule has 0 amide bonds. The van der Waals surface area contributed by atoms with Gasteiger partial charge in [0.25, 0.3) is 0 Å². The Morgan fingerprint density at radius 1 is 1.27 bits per heavy atom. The van der Waals surface area contributed by atoms with Gasteiger partial charge < -0.3 is 20.1 Å². The van der Waals surface area contributed by atoms with E-state index in [4.69, 9.17) is 9.47 Å². The van der Waals surface area contributed by atoms with Gasteiger partial charge in [0, 0.05) is 52.0 Å². The maximum atomic E-state index is 5.73. The van der Waals surface area contributed by atoms with Crippen molar-refractivity contribution < 1.29 is 9.47 Å². The van der Waals surface area contributed by atoms with Crippen LogP contribution in [0.3, 0.4) is 0 Å². The highest BCUT2D eigenvalue weighted by molar-refractivity contribution is 14.0. The molecule has 1 saturated heterocycles. The van der Waals surface area contributed by atoms with Crippen molar-refractivity contribution >= 4 is 29.9 Å². The Kier molecular flexibility index (Phi) is 10.2. The van der Waals surface area contributed by atoms with Gasteiger partial charge in [0.1, 0.15) is 5.60 Å². The van der Waals surface area contributed by atoms with Crippen LogP contribution >= 0.6 is 24.0 Å². The van der Waals surface area contributed by atoms with E-state index in [1.807, 2.05) is 39.1 Å². The maximum Gasteiger partial charge on any atom is 0.213 e. The van der Waals surface area contributed by atoms with Crippen molar-refractivity contribution in [2.75, 3.05) is 46.4 Å². The van der Waals surface area contributed by atoms with Gasteiger partial charge in [-0.3, -0.25) is 9.89 Å². The lowest BCUT2D eigenvalue weighted by atomic mass is 10.2. The van der Waals surface area contributed by atoms with Crippen LogP contribution in [0.4, 0.5) is 0 Å². The highest BCUT2D eigenvalue weighted by Crippen LogP contribution is 2.15. The second kappa shape index (κ2) is 11.6. The zero-order valence-electron chi connectivity index (χ0n) is 16.2. The third-order valence-corrected chi connectivity index (χ3v) is 3.72. The van der Waals surface area contributed by atoms with Gasteiger partial charge in [-0.2, -0.15) is 0 Å². The highest BCUT2D eigenvalue weighted by atomic mass is 127. The monoisotopic (exact) mass is 477 g/mol. The standard InChI is InChI=1S/C18H31N5O2.HI/c1-18(2,3)25-16-6-5-15(13-21-16)14-22-17(19-4)20-7-8-23-9-11-24-12-10-23;/h5-6,13H,7-12,14H2,1-4H3,(H2,19,20,22);1H. The summed E-state index contributed by atoms with van der Waals surface area (Å²) in [6.07, 6.45) is 1.83. The fourth-order valence-corrected chi connectivity index (χ4v) is 2.45. The molecule has 0 aromatic carbocycles. The first-order chi connectivity index (χ1) is 12.0. The van der Waals surface area contributed by atoms with Crippen LogP contribution in [0.2, 0.25) is 0 Å². The van der Waals surface area contributed by atoms with E-state index in [0.717, 1.165) is 50.9 Å². The minimum absolute atomic E-state index is 0. The molecule has 0 radical (unpaired) electrons. The number of pyridine rings is 1. The molecule has 0 unspecified atom stereocenters. The van der Waals surface area contributed by atoms with E-state index in [-0.39, 0.29) is 29.6 Å². The normalized spacial score (nSPS) is 15.9. The number of aliphatic imine (C=N–C) groups is 1. The summed E-state index contributed by atoms with van der Waals surface area (Å²) >= 11 is 0. The molecule has 2 N–H and O–H groups in total. The number of guanidine groups is 1. The molecule has 1 aliphatic rings. The van der Waals surface area contributed by atoms with Crippen LogP contribution in [0.15, 0.2) is 23.3 Å². The van der Waals surface area contributed by atoms with Crippen LogP contribution in [0.5, 0.6) is 5.88 Å². The molecule has 8 heteroatoms. The van der Waals surface area contributed by atoms with Crippen LogP contribution < -0.4 is 15.4 Å². The van der Waals surface area contributed by atoms with E-state index in [1.54, 1.807) is 7.05 Å². The van der Waals surface area contributed by atoms with Crippen molar-refractivity contribution in [3.05, 3.63) is 23.9 Å². The maximum absolute atomic E-state index is 5.73. The van der Waals surface area contributed by atoms with Crippen molar-refractivity contribution in [3.63, 3.8) is 0 Å². The summed E-state index contributed by atoms with van der Waals surface area (Å²) in [5, 5.41) is 6.65. The van der Waals surface area contributed by atoms with Gasteiger partial charge in [-0.15, -0.1) is 24.0 Å². The topological polar surface area (TPSA) is 71.0 Å². The molecule has 7 nitrogen and oxygen atoms in total. The fraction of sp³-hybridized carbons (Fsp3) is 0.667. The zero-order chi connectivity index (χ0) is 18.1. The Morgan fingerprint density at radius 2 is 2.00 bits per heavy atom. The number of nitrogens with zero attached hydrogens (tertiary/aromatic N) is 3. The van der Waals surface area contributed by atoms with E-state index < -0.39 is 0 Å². The molecule has 1 aromatic heterocycles. The van der Waals surface area contributed by atoms with Gasteiger partial charge in [0.15, 0.2) is 5.96 Å². The van der Waals surface area contributed by atoms with Crippen molar-refractivity contribution in [1.29, 1.82) is 0 Å². The Bertz CT molecular complexity index is 540. The summed E-state index contributed by atoms with van der Waals surface area (Å²) in [6.45, 7) is 12.2. The number of rotatable bonds is 6. The Balaban J connectivity index is 0.00000338. The summed E-state index contributed by atoms with van der Waals surface area (Å²) in [5.41, 5.74) is 0.844. The molecule has 148 valence electrons. The third kappa shape index (κ3) is 9.00. The number of aromatic nitrogens is 1. The third-order valence-electron chi connectivity index (χ3n) is 3.72. The van der Waals surface area contributed by atoms with E-state index >= 15 is 0 Å². The summed E-state index contributed by atoms with van der Waals surface area (Å²) in [4.78, 5) is 11.0. The number of morpholine rings is 1. The van der Waals surface area contributed by atoms with Crippen LogP contribution in [-0.2, 0) is 11.3 Å². The molecule has 1 aromatic rings. The van der Waals surface area contributed by atoms with Crippen LogP contribution in [0.1, 0.15) is 26.3 Å². The van der Waals surface area contributed by atoms with Gasteiger partial charge in [0.05, 0.1) is 13.2 Å². The quantitative estimate of drug-likeness (QED) is 0.371. The number of halogens is 1. The van der Waals surface area contributed by atoms with Crippen LogP contribution in [0, 0.1) is 0 Å². The second-order valence-electron chi connectivity index (χ2n) is 7.03. The van der Waals surface area contributed by atoms with Gasteiger partial charge >= 0.3 is 0 Å². The molecule has 26 heavy (non-hydrogen) atoms. The van der Waals surface area contributed by atoms with Gasteiger partial charge in [0.2, 0.25) is 5.88 Å². The summed E-state index contributed by atoms with van der Waals surface area (Å²) in [5.74, 6) is 1.44. The smallest absolute Gasteiger partial charge is 0.213 e. The van der Waals surface area contributed by atoms with Gasteiger partial charge in [-0.1, -0.05) is 6.07 Å². The van der Waals surface area contributed by atoms with Gasteiger partial charge in [-0.25, -0.2) is 4.98 Å². The molecule has 0 spiro atoms. The molecule has 1 aliphatic heterocycles. The van der Waals surface area contributed by atoms with E-state index in [9.17, 15) is 0 Å². The highest BCUT2D eigenvalue weighted by Gasteiger charge is 2.12. The predicted molar refractivity (Wildman–Crippen MR) is 115 cm³/mol. The van der Waals surface area contributed by atoms with Crippen molar-refractivity contribution in [1.82, 2.24) is 20.5 Å². The Labute approximate surface area is 174 Å². The lowest BCUT2D eigenvalue weighted by Gasteiger charge is -2.26. The van der Waals surface area contributed by atoms with E-state index in [1.165, 1.54) is 0 Å². The zero-order valence-corrected chi connectivity index (χ0v) is 18.6. The summed E-state index contributed by atoms with van der Waals surface area (Å²) in [6, 6.07) is 3.92. The molecule has 2 heterocycles. The minimum atomic E-state index is -0.237. The fourth-order valence-electron chi connectivity index (χ4n) is 2.45. The molecule has 2 rings (SSSR count). The lowest BCUT2D eigenvalue weighted by molar-refractivity contribution is 0.0389. The van der Waals surface area contributed by atoms with Crippen LogP contribution in [-0.4, -0.2) is 67.9 Å². The van der Waals surface area contributed by atoms with Crippen LogP contribution in [0.25, 0.3) is 0 Å². The average Bonchev–Trinajstić information content (AvgIpc) is 2.59. The summed E-state index contributed by atoms with van der Waals surface area (Å²) < 4.78 is 11.1. The average molecular weight is 477 g/mol. The molecular weight excluding hydrogens is 445 g/mol.